The zero-order chi connectivity index (χ0) is 11.1. The second-order valence-corrected chi connectivity index (χ2v) is 4.70. The number of halogens is 1. The molecule has 1 fully saturated rings. The molecule has 1 saturated heterocycles. The first-order chi connectivity index (χ1) is 7.24. The highest BCUT2D eigenvalue weighted by Gasteiger charge is 2.21. The predicted octanol–water partition coefficient (Wildman–Crippen LogP) is 1.60. The molecule has 0 spiro atoms. The summed E-state index contributed by atoms with van der Waals surface area (Å²) in [5.41, 5.74) is 0. The fraction of sp³-hybridized carbons (Fsp3) is 1.00. The van der Waals surface area contributed by atoms with Gasteiger partial charge in [-0.05, 0) is 5.92 Å². The monoisotopic (exact) mass is 235 g/mol. The van der Waals surface area contributed by atoms with Gasteiger partial charge in [0, 0.05) is 31.6 Å². The van der Waals surface area contributed by atoms with E-state index in [1.54, 1.807) is 0 Å². The molecule has 0 aromatic heterocycles. The van der Waals surface area contributed by atoms with Crippen molar-refractivity contribution in [2.75, 3.05) is 45.4 Å². The van der Waals surface area contributed by atoms with Gasteiger partial charge in [0.05, 0.1) is 19.8 Å². The smallest absolute Gasteiger partial charge is 0.0634 e. The van der Waals surface area contributed by atoms with E-state index in [1.807, 2.05) is 0 Å². The number of hydrogen-bond acceptors (Lipinski definition) is 3. The summed E-state index contributed by atoms with van der Waals surface area (Å²) in [4.78, 5) is 2.36. The molecule has 0 aromatic carbocycles. The van der Waals surface area contributed by atoms with E-state index in [2.05, 4.69) is 18.7 Å². The first kappa shape index (κ1) is 13.2. The maximum atomic E-state index is 5.88. The molecule has 0 radical (unpaired) electrons. The van der Waals surface area contributed by atoms with Gasteiger partial charge in [0.25, 0.3) is 0 Å². The second kappa shape index (κ2) is 7.44. The molecule has 1 unspecified atom stereocenters. The first-order valence-electron chi connectivity index (χ1n) is 5.69. The normalized spacial score (nSPS) is 23.6. The Morgan fingerprint density at radius 1 is 1.53 bits per heavy atom. The van der Waals surface area contributed by atoms with Gasteiger partial charge in [-0.25, -0.2) is 0 Å². The van der Waals surface area contributed by atoms with E-state index in [0.717, 1.165) is 39.5 Å². The summed E-state index contributed by atoms with van der Waals surface area (Å²) in [6, 6.07) is 0.364. The lowest BCUT2D eigenvalue weighted by Crippen LogP contribution is -2.47. The van der Waals surface area contributed by atoms with Gasteiger partial charge in [-0.2, -0.15) is 0 Å². The average molecular weight is 236 g/mol. The van der Waals surface area contributed by atoms with Crippen LogP contribution in [0.4, 0.5) is 0 Å². The summed E-state index contributed by atoms with van der Waals surface area (Å²) in [7, 11) is 0. The molecule has 0 aliphatic carbocycles. The van der Waals surface area contributed by atoms with Crippen molar-refractivity contribution >= 4 is 11.6 Å². The Morgan fingerprint density at radius 2 is 2.33 bits per heavy atom. The molecule has 1 heterocycles. The number of rotatable bonds is 6. The highest BCUT2D eigenvalue weighted by molar-refractivity contribution is 6.18. The van der Waals surface area contributed by atoms with Crippen molar-refractivity contribution in [3.05, 3.63) is 0 Å². The number of ether oxygens (including phenoxy) is 2. The van der Waals surface area contributed by atoms with Gasteiger partial charge in [-0.1, -0.05) is 13.8 Å². The van der Waals surface area contributed by atoms with Gasteiger partial charge >= 0.3 is 0 Å². The first-order valence-corrected chi connectivity index (χ1v) is 6.23. The number of morpholine rings is 1. The van der Waals surface area contributed by atoms with Crippen molar-refractivity contribution in [1.82, 2.24) is 4.90 Å². The molecular weight excluding hydrogens is 214 g/mol. The van der Waals surface area contributed by atoms with Crippen molar-refractivity contribution in [2.24, 2.45) is 5.92 Å². The van der Waals surface area contributed by atoms with Gasteiger partial charge < -0.3 is 9.47 Å². The Morgan fingerprint density at radius 3 is 3.00 bits per heavy atom. The average Bonchev–Trinajstić information content (AvgIpc) is 2.24. The van der Waals surface area contributed by atoms with Crippen molar-refractivity contribution < 1.29 is 9.47 Å². The summed E-state index contributed by atoms with van der Waals surface area (Å²) in [6.07, 6.45) is 0. The van der Waals surface area contributed by atoms with E-state index in [9.17, 15) is 0 Å². The second-order valence-electron chi connectivity index (χ2n) is 4.39. The SMILES string of the molecule is CC(C)COCCN1CCOCC1CCl. The van der Waals surface area contributed by atoms with Gasteiger partial charge in [0.2, 0.25) is 0 Å². The van der Waals surface area contributed by atoms with Crippen molar-refractivity contribution in [3.8, 4) is 0 Å². The van der Waals surface area contributed by atoms with E-state index in [4.69, 9.17) is 21.1 Å². The van der Waals surface area contributed by atoms with E-state index >= 15 is 0 Å². The Balaban J connectivity index is 2.12. The van der Waals surface area contributed by atoms with Gasteiger partial charge in [-0.3, -0.25) is 4.90 Å². The standard InChI is InChI=1S/C11H22ClNO2/c1-10(2)8-14-5-3-13-4-6-15-9-11(13)7-12/h10-11H,3-9H2,1-2H3. The van der Waals surface area contributed by atoms with Crippen molar-refractivity contribution in [2.45, 2.75) is 19.9 Å². The third-order valence-electron chi connectivity index (χ3n) is 2.50. The Bertz CT molecular complexity index is 167. The van der Waals surface area contributed by atoms with Crippen LogP contribution in [0.5, 0.6) is 0 Å². The topological polar surface area (TPSA) is 21.7 Å². The summed E-state index contributed by atoms with van der Waals surface area (Å²) < 4.78 is 10.9. The summed E-state index contributed by atoms with van der Waals surface area (Å²) >= 11 is 5.88. The fourth-order valence-corrected chi connectivity index (χ4v) is 1.91. The molecule has 0 amide bonds. The van der Waals surface area contributed by atoms with Crippen LogP contribution in [0.1, 0.15) is 13.8 Å². The zero-order valence-corrected chi connectivity index (χ0v) is 10.5. The maximum absolute atomic E-state index is 5.88. The van der Waals surface area contributed by atoms with Crippen molar-refractivity contribution in [1.29, 1.82) is 0 Å². The van der Waals surface area contributed by atoms with E-state index in [0.29, 0.717) is 17.8 Å². The Hall–Kier alpha value is 0.170. The van der Waals surface area contributed by atoms with Crippen LogP contribution in [0.15, 0.2) is 0 Å². The molecule has 15 heavy (non-hydrogen) atoms. The molecule has 0 aromatic rings. The largest absolute Gasteiger partial charge is 0.380 e. The molecule has 1 atom stereocenters. The molecule has 0 N–H and O–H groups in total. The molecule has 1 aliphatic rings. The summed E-state index contributed by atoms with van der Waals surface area (Å²) in [6.45, 7) is 9.48. The number of nitrogens with zero attached hydrogens (tertiary/aromatic N) is 1. The van der Waals surface area contributed by atoms with E-state index in [1.165, 1.54) is 0 Å². The molecule has 1 rings (SSSR count). The maximum Gasteiger partial charge on any atom is 0.0634 e. The Labute approximate surface area is 97.7 Å². The summed E-state index contributed by atoms with van der Waals surface area (Å²) in [5, 5.41) is 0. The predicted molar refractivity (Wildman–Crippen MR) is 62.6 cm³/mol. The molecular formula is C11H22ClNO2. The highest BCUT2D eigenvalue weighted by atomic mass is 35.5. The third-order valence-corrected chi connectivity index (χ3v) is 2.86. The lowest BCUT2D eigenvalue weighted by atomic mass is 10.2. The summed E-state index contributed by atoms with van der Waals surface area (Å²) in [5.74, 6) is 1.25. The lowest BCUT2D eigenvalue weighted by molar-refractivity contribution is -0.0144. The quantitative estimate of drug-likeness (QED) is 0.516. The number of alkyl halides is 1. The van der Waals surface area contributed by atoms with Crippen LogP contribution >= 0.6 is 11.6 Å². The Kier molecular flexibility index (Phi) is 6.57. The fourth-order valence-electron chi connectivity index (χ4n) is 1.63. The van der Waals surface area contributed by atoms with Crippen LogP contribution in [-0.4, -0.2) is 56.3 Å². The van der Waals surface area contributed by atoms with E-state index in [-0.39, 0.29) is 0 Å². The molecule has 3 nitrogen and oxygen atoms in total. The zero-order valence-electron chi connectivity index (χ0n) is 9.75. The number of hydrogen-bond donors (Lipinski definition) is 0. The molecule has 0 saturated carbocycles. The molecule has 1 aliphatic heterocycles. The van der Waals surface area contributed by atoms with Crippen LogP contribution in [0.3, 0.4) is 0 Å². The van der Waals surface area contributed by atoms with Gasteiger partial charge in [0.1, 0.15) is 0 Å². The minimum absolute atomic E-state index is 0.364. The third kappa shape index (κ3) is 5.16. The van der Waals surface area contributed by atoms with Crippen LogP contribution in [0.25, 0.3) is 0 Å². The van der Waals surface area contributed by atoms with Crippen LogP contribution in [-0.2, 0) is 9.47 Å². The van der Waals surface area contributed by atoms with E-state index < -0.39 is 0 Å². The van der Waals surface area contributed by atoms with Crippen LogP contribution in [0.2, 0.25) is 0 Å². The minimum Gasteiger partial charge on any atom is -0.380 e. The van der Waals surface area contributed by atoms with Crippen LogP contribution in [0, 0.1) is 5.92 Å². The minimum atomic E-state index is 0.364. The molecule has 90 valence electrons. The lowest BCUT2D eigenvalue weighted by Gasteiger charge is -2.34. The highest BCUT2D eigenvalue weighted by Crippen LogP contribution is 2.08. The molecule has 4 heteroatoms. The molecule has 0 bridgehead atoms. The van der Waals surface area contributed by atoms with Crippen molar-refractivity contribution in [3.63, 3.8) is 0 Å². The van der Waals surface area contributed by atoms with Gasteiger partial charge in [-0.15, -0.1) is 11.6 Å². The van der Waals surface area contributed by atoms with Gasteiger partial charge in [0.15, 0.2) is 0 Å². The van der Waals surface area contributed by atoms with Crippen LogP contribution < -0.4 is 0 Å².